The fourth-order valence-corrected chi connectivity index (χ4v) is 3.79. The third kappa shape index (κ3) is 2.72. The van der Waals surface area contributed by atoms with E-state index in [9.17, 15) is 5.26 Å². The van der Waals surface area contributed by atoms with E-state index in [1.165, 1.54) is 5.56 Å². The second kappa shape index (κ2) is 6.36. The molecule has 0 saturated carbocycles. The van der Waals surface area contributed by atoms with Crippen molar-refractivity contribution in [2.24, 2.45) is 0 Å². The molecule has 0 aromatic carbocycles. The van der Waals surface area contributed by atoms with E-state index in [4.69, 9.17) is 4.74 Å². The van der Waals surface area contributed by atoms with Crippen molar-refractivity contribution in [3.05, 3.63) is 58.7 Å². The lowest BCUT2D eigenvalue weighted by Crippen LogP contribution is -2.39. The number of aromatic amines is 1. The van der Waals surface area contributed by atoms with Crippen LogP contribution in [0, 0.1) is 25.2 Å². The number of aryl methyl sites for hydroxylation is 2. The zero-order chi connectivity index (χ0) is 17.4. The molecule has 1 N–H and O–H groups in total. The Kier molecular flexibility index (Phi) is 4.04. The van der Waals surface area contributed by atoms with Crippen LogP contribution in [0.5, 0.6) is 0 Å². The number of hydrogen-bond acceptors (Lipinski definition) is 4. The highest BCUT2D eigenvalue weighted by molar-refractivity contribution is 5.65. The molecular formula is C19H21N5O. The molecule has 1 saturated heterocycles. The van der Waals surface area contributed by atoms with Crippen molar-refractivity contribution < 1.29 is 4.74 Å². The molecule has 0 aliphatic carbocycles. The van der Waals surface area contributed by atoms with E-state index < -0.39 is 0 Å². The Morgan fingerprint density at radius 1 is 1.40 bits per heavy atom. The minimum absolute atomic E-state index is 0.155. The lowest BCUT2D eigenvalue weighted by molar-refractivity contribution is -0.0131. The second-order valence-corrected chi connectivity index (χ2v) is 6.54. The molecule has 1 unspecified atom stereocenters. The molecule has 6 heteroatoms. The molecule has 1 atom stereocenters. The van der Waals surface area contributed by atoms with Crippen LogP contribution in [0.25, 0.3) is 5.52 Å². The topological polar surface area (TPSA) is 69.3 Å². The Hall–Kier alpha value is -2.62. The van der Waals surface area contributed by atoms with Crippen molar-refractivity contribution in [2.75, 3.05) is 19.8 Å². The summed E-state index contributed by atoms with van der Waals surface area (Å²) in [6.45, 7) is 7.00. The van der Waals surface area contributed by atoms with Gasteiger partial charge in [-0.1, -0.05) is 6.07 Å². The number of nitriles is 1. The van der Waals surface area contributed by atoms with Gasteiger partial charge in [-0.15, -0.1) is 0 Å². The van der Waals surface area contributed by atoms with Crippen LogP contribution < -0.4 is 0 Å². The van der Waals surface area contributed by atoms with Gasteiger partial charge in [0.15, 0.2) is 0 Å². The van der Waals surface area contributed by atoms with Gasteiger partial charge in [0.2, 0.25) is 0 Å². The van der Waals surface area contributed by atoms with Crippen LogP contribution in [-0.4, -0.2) is 39.3 Å². The Morgan fingerprint density at radius 3 is 3.04 bits per heavy atom. The van der Waals surface area contributed by atoms with Crippen molar-refractivity contribution in [3.63, 3.8) is 0 Å². The predicted octanol–water partition coefficient (Wildman–Crippen LogP) is 2.72. The molecule has 0 radical (unpaired) electrons. The van der Waals surface area contributed by atoms with Gasteiger partial charge < -0.3 is 9.14 Å². The van der Waals surface area contributed by atoms with Crippen LogP contribution >= 0.6 is 0 Å². The molecule has 1 aliphatic rings. The number of aromatic nitrogens is 3. The maximum Gasteiger partial charge on any atom is 0.102 e. The molecule has 1 fully saturated rings. The molecule has 0 amide bonds. The number of hydrogen-bond donors (Lipinski definition) is 1. The first-order chi connectivity index (χ1) is 12.2. The molecule has 128 valence electrons. The van der Waals surface area contributed by atoms with Gasteiger partial charge in [-0.05, 0) is 26.0 Å². The smallest absolute Gasteiger partial charge is 0.102 e. The standard InChI is InChI=1S/C19H21N5O/c1-13-19(14(2)22-21-13)18-12-25-8-7-24(18)11-15-10-23-6-4-3-5-17(23)16(15)9-20/h3-6,10,18H,7-8,11-12H2,1-2H3,(H,21,22). The zero-order valence-corrected chi connectivity index (χ0v) is 14.5. The molecule has 4 heterocycles. The predicted molar refractivity (Wildman–Crippen MR) is 94.1 cm³/mol. The number of nitrogens with one attached hydrogen (secondary N) is 1. The maximum absolute atomic E-state index is 9.65. The van der Waals surface area contributed by atoms with Crippen LogP contribution in [0.2, 0.25) is 0 Å². The highest BCUT2D eigenvalue weighted by Crippen LogP contribution is 2.31. The Morgan fingerprint density at radius 2 is 2.28 bits per heavy atom. The summed E-state index contributed by atoms with van der Waals surface area (Å²) < 4.78 is 7.77. The largest absolute Gasteiger partial charge is 0.378 e. The fourth-order valence-electron chi connectivity index (χ4n) is 3.79. The number of ether oxygens (including phenoxy) is 1. The normalized spacial score (nSPS) is 18.5. The minimum Gasteiger partial charge on any atom is -0.378 e. The number of pyridine rings is 1. The molecule has 3 aromatic heterocycles. The molecule has 6 nitrogen and oxygen atoms in total. The minimum atomic E-state index is 0.155. The van der Waals surface area contributed by atoms with Crippen molar-refractivity contribution in [2.45, 2.75) is 26.4 Å². The van der Waals surface area contributed by atoms with Gasteiger partial charge in [0.05, 0.1) is 36.0 Å². The Labute approximate surface area is 146 Å². The Bertz CT molecular complexity index is 929. The summed E-state index contributed by atoms with van der Waals surface area (Å²) in [6, 6.07) is 8.48. The van der Waals surface area contributed by atoms with E-state index in [-0.39, 0.29) is 6.04 Å². The first-order valence-electron chi connectivity index (χ1n) is 8.51. The first kappa shape index (κ1) is 15.9. The molecular weight excluding hydrogens is 314 g/mol. The van der Waals surface area contributed by atoms with Crippen molar-refractivity contribution in [1.82, 2.24) is 19.5 Å². The van der Waals surface area contributed by atoms with Gasteiger partial charge in [-0.2, -0.15) is 10.4 Å². The van der Waals surface area contributed by atoms with Crippen molar-refractivity contribution in [1.29, 1.82) is 5.26 Å². The van der Waals surface area contributed by atoms with Gasteiger partial charge in [0, 0.05) is 42.3 Å². The fraction of sp³-hybridized carbons (Fsp3) is 0.368. The number of morpholine rings is 1. The van der Waals surface area contributed by atoms with Crippen LogP contribution in [0.3, 0.4) is 0 Å². The van der Waals surface area contributed by atoms with Crippen LogP contribution in [0.4, 0.5) is 0 Å². The van der Waals surface area contributed by atoms with E-state index in [1.807, 2.05) is 35.7 Å². The highest BCUT2D eigenvalue weighted by Gasteiger charge is 2.29. The van der Waals surface area contributed by atoms with E-state index in [1.54, 1.807) is 0 Å². The van der Waals surface area contributed by atoms with Crippen LogP contribution in [-0.2, 0) is 11.3 Å². The van der Waals surface area contributed by atoms with E-state index in [2.05, 4.69) is 34.3 Å². The Balaban J connectivity index is 1.70. The van der Waals surface area contributed by atoms with E-state index in [0.717, 1.165) is 41.1 Å². The third-order valence-electron chi connectivity index (χ3n) is 5.01. The van der Waals surface area contributed by atoms with E-state index >= 15 is 0 Å². The molecule has 3 aromatic rings. The second-order valence-electron chi connectivity index (χ2n) is 6.54. The molecule has 4 rings (SSSR count). The molecule has 25 heavy (non-hydrogen) atoms. The SMILES string of the molecule is Cc1n[nH]c(C)c1C1COCCN1Cc1cn2ccccc2c1C#N. The summed E-state index contributed by atoms with van der Waals surface area (Å²) in [5, 5.41) is 17.1. The van der Waals surface area contributed by atoms with Gasteiger partial charge in [-0.3, -0.25) is 10.00 Å². The number of fused-ring (bicyclic) bond motifs is 1. The maximum atomic E-state index is 9.65. The zero-order valence-electron chi connectivity index (χ0n) is 14.5. The molecule has 1 aliphatic heterocycles. The monoisotopic (exact) mass is 335 g/mol. The average molecular weight is 335 g/mol. The first-order valence-corrected chi connectivity index (χ1v) is 8.51. The third-order valence-corrected chi connectivity index (χ3v) is 5.01. The van der Waals surface area contributed by atoms with Crippen LogP contribution in [0.15, 0.2) is 30.6 Å². The lowest BCUT2D eigenvalue weighted by Gasteiger charge is -2.35. The number of nitrogens with zero attached hydrogens (tertiary/aromatic N) is 4. The van der Waals surface area contributed by atoms with Gasteiger partial charge >= 0.3 is 0 Å². The summed E-state index contributed by atoms with van der Waals surface area (Å²) >= 11 is 0. The van der Waals surface area contributed by atoms with Gasteiger partial charge in [0.1, 0.15) is 6.07 Å². The highest BCUT2D eigenvalue weighted by atomic mass is 16.5. The molecule has 0 bridgehead atoms. The molecule has 0 spiro atoms. The summed E-state index contributed by atoms with van der Waals surface area (Å²) in [5.74, 6) is 0. The number of H-pyrrole nitrogens is 1. The summed E-state index contributed by atoms with van der Waals surface area (Å²) in [7, 11) is 0. The summed E-state index contributed by atoms with van der Waals surface area (Å²) in [4.78, 5) is 2.39. The average Bonchev–Trinajstić information content (AvgIpc) is 3.15. The summed E-state index contributed by atoms with van der Waals surface area (Å²) in [5.41, 5.74) is 6.08. The lowest BCUT2D eigenvalue weighted by atomic mass is 10.0. The summed E-state index contributed by atoms with van der Waals surface area (Å²) in [6.07, 6.45) is 4.05. The van der Waals surface area contributed by atoms with Gasteiger partial charge in [-0.25, -0.2) is 0 Å². The number of rotatable bonds is 3. The quantitative estimate of drug-likeness (QED) is 0.799. The van der Waals surface area contributed by atoms with E-state index in [0.29, 0.717) is 13.2 Å². The van der Waals surface area contributed by atoms with Crippen molar-refractivity contribution in [3.8, 4) is 6.07 Å². The van der Waals surface area contributed by atoms with Crippen LogP contribution in [0.1, 0.15) is 34.1 Å². The van der Waals surface area contributed by atoms with Gasteiger partial charge in [0.25, 0.3) is 0 Å². The van der Waals surface area contributed by atoms with Crippen molar-refractivity contribution >= 4 is 5.52 Å².